The summed E-state index contributed by atoms with van der Waals surface area (Å²) in [5.74, 6) is 0.472. The normalized spacial score (nSPS) is 14.7. The minimum absolute atomic E-state index is 0.149. The largest absolute Gasteiger partial charge is 0.298 e. The van der Waals surface area contributed by atoms with Gasteiger partial charge in [-0.25, -0.2) is 4.98 Å². The van der Waals surface area contributed by atoms with Crippen LogP contribution in [-0.4, -0.2) is 10.9 Å². The summed E-state index contributed by atoms with van der Waals surface area (Å²) in [5, 5.41) is 5.51. The monoisotopic (exact) mass is 348 g/mol. The van der Waals surface area contributed by atoms with Crippen LogP contribution in [0.2, 0.25) is 0 Å². The number of amides is 1. The summed E-state index contributed by atoms with van der Waals surface area (Å²) in [7, 11) is 0. The summed E-state index contributed by atoms with van der Waals surface area (Å²) >= 11 is 4.87. The highest BCUT2D eigenvalue weighted by atomic mass is 79.9. The van der Waals surface area contributed by atoms with Gasteiger partial charge in [-0.15, -0.1) is 11.3 Å². The van der Waals surface area contributed by atoms with Gasteiger partial charge in [-0.1, -0.05) is 28.1 Å². The minimum Gasteiger partial charge on any atom is -0.298 e. The maximum Gasteiger partial charge on any atom is 0.250 e. The van der Waals surface area contributed by atoms with Crippen molar-refractivity contribution in [2.24, 2.45) is 0 Å². The molecular formula is C15H13BrN2OS. The third-order valence-corrected chi connectivity index (χ3v) is 4.35. The fourth-order valence-electron chi connectivity index (χ4n) is 1.80. The highest BCUT2D eigenvalue weighted by molar-refractivity contribution is 9.10. The van der Waals surface area contributed by atoms with Gasteiger partial charge in [-0.05, 0) is 36.6 Å². The SMILES string of the molecule is O=C(/C=C/c1ccc(Br)cc1)Nc1nc(C2CC2)cs1. The molecule has 0 aliphatic heterocycles. The van der Waals surface area contributed by atoms with Crippen molar-refractivity contribution in [1.82, 2.24) is 4.98 Å². The van der Waals surface area contributed by atoms with E-state index in [0.29, 0.717) is 11.0 Å². The van der Waals surface area contributed by atoms with E-state index in [0.717, 1.165) is 15.7 Å². The Bertz CT molecular complexity index is 644. The Morgan fingerprint density at radius 3 is 2.80 bits per heavy atom. The van der Waals surface area contributed by atoms with E-state index in [-0.39, 0.29) is 5.91 Å². The maximum absolute atomic E-state index is 11.8. The fourth-order valence-corrected chi connectivity index (χ4v) is 2.86. The first-order valence-corrected chi connectivity index (χ1v) is 8.08. The van der Waals surface area contributed by atoms with E-state index >= 15 is 0 Å². The molecule has 20 heavy (non-hydrogen) atoms. The van der Waals surface area contributed by atoms with Crippen molar-refractivity contribution in [3.63, 3.8) is 0 Å². The minimum atomic E-state index is -0.149. The van der Waals surface area contributed by atoms with Crippen molar-refractivity contribution in [2.75, 3.05) is 5.32 Å². The fraction of sp³-hybridized carbons (Fsp3) is 0.200. The quantitative estimate of drug-likeness (QED) is 0.830. The zero-order valence-corrected chi connectivity index (χ0v) is 13.1. The third kappa shape index (κ3) is 3.55. The average Bonchev–Trinajstić information content (AvgIpc) is 3.19. The first-order chi connectivity index (χ1) is 9.70. The van der Waals surface area contributed by atoms with Crippen LogP contribution in [0.1, 0.15) is 30.0 Å². The molecule has 0 saturated heterocycles. The predicted molar refractivity (Wildman–Crippen MR) is 85.9 cm³/mol. The average molecular weight is 349 g/mol. The van der Waals surface area contributed by atoms with Crippen molar-refractivity contribution >= 4 is 44.4 Å². The first-order valence-electron chi connectivity index (χ1n) is 6.41. The number of benzene rings is 1. The number of halogens is 1. The molecular weight excluding hydrogens is 336 g/mol. The number of hydrogen-bond acceptors (Lipinski definition) is 3. The number of carbonyl (C=O) groups is 1. The Hall–Kier alpha value is -1.46. The lowest BCUT2D eigenvalue weighted by molar-refractivity contribution is -0.111. The maximum atomic E-state index is 11.8. The molecule has 102 valence electrons. The molecule has 3 nitrogen and oxygen atoms in total. The Kier molecular flexibility index (Phi) is 3.98. The van der Waals surface area contributed by atoms with Crippen LogP contribution >= 0.6 is 27.3 Å². The number of rotatable bonds is 4. The van der Waals surface area contributed by atoms with Crippen LogP contribution in [0.5, 0.6) is 0 Å². The van der Waals surface area contributed by atoms with Gasteiger partial charge in [0.05, 0.1) is 5.69 Å². The highest BCUT2D eigenvalue weighted by Crippen LogP contribution is 2.40. The summed E-state index contributed by atoms with van der Waals surface area (Å²) in [6.45, 7) is 0. The van der Waals surface area contributed by atoms with Gasteiger partial charge < -0.3 is 0 Å². The summed E-state index contributed by atoms with van der Waals surface area (Å²) in [6, 6.07) is 7.78. The Balaban J connectivity index is 1.59. The number of nitrogens with one attached hydrogen (secondary N) is 1. The van der Waals surface area contributed by atoms with E-state index < -0.39 is 0 Å². The van der Waals surface area contributed by atoms with Gasteiger partial charge in [0.25, 0.3) is 0 Å². The van der Waals surface area contributed by atoms with E-state index in [4.69, 9.17) is 0 Å². The predicted octanol–water partition coefficient (Wildman–Crippen LogP) is 4.43. The third-order valence-electron chi connectivity index (χ3n) is 3.04. The smallest absolute Gasteiger partial charge is 0.250 e. The number of thiazole rings is 1. The Morgan fingerprint density at radius 1 is 1.35 bits per heavy atom. The van der Waals surface area contributed by atoms with Gasteiger partial charge >= 0.3 is 0 Å². The molecule has 2 aromatic rings. The number of aromatic nitrogens is 1. The zero-order valence-electron chi connectivity index (χ0n) is 10.7. The van der Waals surface area contributed by atoms with Crippen LogP contribution in [0.4, 0.5) is 5.13 Å². The molecule has 0 spiro atoms. The van der Waals surface area contributed by atoms with Crippen molar-refractivity contribution in [2.45, 2.75) is 18.8 Å². The van der Waals surface area contributed by atoms with E-state index in [1.807, 2.05) is 29.6 Å². The lowest BCUT2D eigenvalue weighted by Crippen LogP contribution is -2.07. The molecule has 0 bridgehead atoms. The number of nitrogens with zero attached hydrogens (tertiary/aromatic N) is 1. The molecule has 1 N–H and O–H groups in total. The summed E-state index contributed by atoms with van der Waals surface area (Å²) in [5.41, 5.74) is 2.10. The molecule has 1 aromatic carbocycles. The van der Waals surface area contributed by atoms with Crippen molar-refractivity contribution < 1.29 is 4.79 Å². The molecule has 3 rings (SSSR count). The van der Waals surface area contributed by atoms with Crippen LogP contribution in [0.25, 0.3) is 6.08 Å². The van der Waals surface area contributed by atoms with Crippen molar-refractivity contribution in [1.29, 1.82) is 0 Å². The summed E-state index contributed by atoms with van der Waals surface area (Å²) in [6.07, 6.45) is 5.76. The molecule has 1 saturated carbocycles. The molecule has 0 unspecified atom stereocenters. The van der Waals surface area contributed by atoms with E-state index in [2.05, 4.69) is 26.2 Å². The molecule has 1 amide bonds. The van der Waals surface area contributed by atoms with Gasteiger partial charge in [-0.3, -0.25) is 10.1 Å². The number of carbonyl (C=O) groups excluding carboxylic acids is 1. The zero-order chi connectivity index (χ0) is 13.9. The topological polar surface area (TPSA) is 42.0 Å². The molecule has 1 aliphatic rings. The van der Waals surface area contributed by atoms with E-state index in [9.17, 15) is 4.79 Å². The van der Waals surface area contributed by atoms with Gasteiger partial charge in [0, 0.05) is 21.8 Å². The van der Waals surface area contributed by atoms with Gasteiger partial charge in [0.1, 0.15) is 0 Å². The lowest BCUT2D eigenvalue weighted by Gasteiger charge is -1.96. The second-order valence-corrected chi connectivity index (χ2v) is 6.50. The van der Waals surface area contributed by atoms with Gasteiger partial charge in [0.2, 0.25) is 5.91 Å². The molecule has 1 heterocycles. The van der Waals surface area contributed by atoms with Crippen LogP contribution < -0.4 is 5.32 Å². The molecule has 0 atom stereocenters. The van der Waals surface area contributed by atoms with Crippen LogP contribution in [-0.2, 0) is 4.79 Å². The molecule has 1 aromatic heterocycles. The van der Waals surface area contributed by atoms with Gasteiger partial charge in [-0.2, -0.15) is 0 Å². The summed E-state index contributed by atoms with van der Waals surface area (Å²) < 4.78 is 1.02. The highest BCUT2D eigenvalue weighted by Gasteiger charge is 2.26. The second kappa shape index (κ2) is 5.89. The van der Waals surface area contributed by atoms with E-state index in [1.54, 1.807) is 6.08 Å². The molecule has 1 fully saturated rings. The first kappa shape index (κ1) is 13.5. The molecule has 1 aliphatic carbocycles. The van der Waals surface area contributed by atoms with Crippen LogP contribution in [0.3, 0.4) is 0 Å². The van der Waals surface area contributed by atoms with Crippen LogP contribution in [0, 0.1) is 0 Å². The van der Waals surface area contributed by atoms with Gasteiger partial charge in [0.15, 0.2) is 5.13 Å². The molecule has 5 heteroatoms. The van der Waals surface area contributed by atoms with Crippen LogP contribution in [0.15, 0.2) is 40.2 Å². The standard InChI is InChI=1S/C15H13BrN2OS/c16-12-6-1-10(2-7-12)3-8-14(19)18-15-17-13(9-20-15)11-4-5-11/h1-3,6-9,11H,4-5H2,(H,17,18,19)/b8-3+. The Morgan fingerprint density at radius 2 is 2.10 bits per heavy atom. The van der Waals surface area contributed by atoms with Crippen molar-refractivity contribution in [3.8, 4) is 0 Å². The Labute approximate surface area is 129 Å². The lowest BCUT2D eigenvalue weighted by atomic mass is 10.2. The second-order valence-electron chi connectivity index (χ2n) is 4.73. The number of hydrogen-bond donors (Lipinski definition) is 1. The summed E-state index contributed by atoms with van der Waals surface area (Å²) in [4.78, 5) is 16.2. The number of anilines is 1. The van der Waals surface area contributed by atoms with E-state index in [1.165, 1.54) is 30.3 Å². The molecule has 0 radical (unpaired) electrons. The van der Waals surface area contributed by atoms with Crippen molar-refractivity contribution in [3.05, 3.63) is 51.5 Å².